The van der Waals surface area contributed by atoms with E-state index in [4.69, 9.17) is 11.6 Å². The van der Waals surface area contributed by atoms with Gasteiger partial charge in [0, 0.05) is 30.3 Å². The van der Waals surface area contributed by atoms with Crippen LogP contribution in [0.1, 0.15) is 20.8 Å². The number of benzene rings is 1. The van der Waals surface area contributed by atoms with Gasteiger partial charge in [0.05, 0.1) is 23.4 Å². The lowest BCUT2D eigenvalue weighted by Gasteiger charge is -2.30. The summed E-state index contributed by atoms with van der Waals surface area (Å²) in [6, 6.07) is 4.90. The van der Waals surface area contributed by atoms with Crippen molar-refractivity contribution < 1.29 is 9.90 Å². The van der Waals surface area contributed by atoms with Gasteiger partial charge in [-0.1, -0.05) is 32.4 Å². The van der Waals surface area contributed by atoms with Gasteiger partial charge in [-0.15, -0.1) is 0 Å². The number of hydrogen-bond donors (Lipinski definition) is 3. The smallest absolute Gasteiger partial charge is 0.319 e. The molecule has 134 valence electrons. The maximum atomic E-state index is 12.1. The maximum absolute atomic E-state index is 12.1. The van der Waals surface area contributed by atoms with E-state index in [1.807, 2.05) is 44.7 Å². The van der Waals surface area contributed by atoms with Gasteiger partial charge in [0.1, 0.15) is 0 Å². The third-order valence-electron chi connectivity index (χ3n) is 4.09. The van der Waals surface area contributed by atoms with Gasteiger partial charge in [0.2, 0.25) is 0 Å². The summed E-state index contributed by atoms with van der Waals surface area (Å²) in [7, 11) is 0. The molecule has 1 unspecified atom stereocenters. The largest absolute Gasteiger partial charge is 0.394 e. The Labute approximate surface area is 153 Å². The third kappa shape index (κ3) is 5.19. The lowest BCUT2D eigenvalue weighted by atomic mass is 9.87. The van der Waals surface area contributed by atoms with Crippen LogP contribution < -0.4 is 15.5 Å². The van der Waals surface area contributed by atoms with Gasteiger partial charge < -0.3 is 20.6 Å². The lowest BCUT2D eigenvalue weighted by molar-refractivity contribution is 0.162. The van der Waals surface area contributed by atoms with Crippen LogP contribution in [0.4, 0.5) is 16.2 Å². The molecule has 7 heteroatoms. The van der Waals surface area contributed by atoms with E-state index in [-0.39, 0.29) is 24.1 Å². The van der Waals surface area contributed by atoms with Crippen LogP contribution >= 0.6 is 23.4 Å². The molecule has 0 aliphatic carbocycles. The Kier molecular flexibility index (Phi) is 6.66. The number of rotatable bonds is 4. The number of aliphatic hydroxyl groups excluding tert-OH is 1. The highest BCUT2D eigenvalue weighted by atomic mass is 35.5. The molecule has 1 aliphatic heterocycles. The van der Waals surface area contributed by atoms with Gasteiger partial charge in [-0.05, 0) is 23.6 Å². The summed E-state index contributed by atoms with van der Waals surface area (Å²) in [5.41, 5.74) is 1.42. The predicted molar refractivity (Wildman–Crippen MR) is 103 cm³/mol. The molecule has 3 N–H and O–H groups in total. The molecule has 5 nitrogen and oxygen atoms in total. The molecule has 1 atom stereocenters. The molecular formula is C17H26ClN3O2S. The Morgan fingerprint density at radius 3 is 2.58 bits per heavy atom. The fourth-order valence-corrected chi connectivity index (χ4v) is 3.71. The van der Waals surface area contributed by atoms with Crippen LogP contribution in [-0.2, 0) is 0 Å². The van der Waals surface area contributed by atoms with E-state index in [0.717, 1.165) is 30.3 Å². The minimum atomic E-state index is -0.345. The number of aliphatic hydroxyl groups is 1. The molecule has 2 amide bonds. The Morgan fingerprint density at radius 1 is 1.38 bits per heavy atom. The summed E-state index contributed by atoms with van der Waals surface area (Å²) in [5, 5.41) is 15.6. The number of anilines is 2. The Morgan fingerprint density at radius 2 is 2.04 bits per heavy atom. The zero-order chi connectivity index (χ0) is 17.7. The SMILES string of the molecule is CC(C)(C)C(CO)NC(=O)Nc1ccc(N2CCSCC2)c(Cl)c1. The van der Waals surface area contributed by atoms with Gasteiger partial charge in [0.15, 0.2) is 0 Å². The number of carbonyl (C=O) groups is 1. The van der Waals surface area contributed by atoms with E-state index in [0.29, 0.717) is 10.7 Å². The molecule has 1 fully saturated rings. The highest BCUT2D eigenvalue weighted by molar-refractivity contribution is 7.99. The fraction of sp³-hybridized carbons (Fsp3) is 0.588. The lowest BCUT2D eigenvalue weighted by Crippen LogP contribution is -2.47. The van der Waals surface area contributed by atoms with E-state index >= 15 is 0 Å². The van der Waals surface area contributed by atoms with Gasteiger partial charge >= 0.3 is 6.03 Å². The molecule has 1 heterocycles. The van der Waals surface area contributed by atoms with Crippen molar-refractivity contribution in [1.29, 1.82) is 0 Å². The molecule has 0 radical (unpaired) electrons. The van der Waals surface area contributed by atoms with Crippen molar-refractivity contribution in [2.45, 2.75) is 26.8 Å². The van der Waals surface area contributed by atoms with Crippen LogP contribution in [0.25, 0.3) is 0 Å². The summed E-state index contributed by atoms with van der Waals surface area (Å²) in [6.07, 6.45) is 0. The van der Waals surface area contributed by atoms with Gasteiger partial charge in [0.25, 0.3) is 0 Å². The number of thioether (sulfide) groups is 1. The first-order valence-electron chi connectivity index (χ1n) is 8.12. The van der Waals surface area contributed by atoms with E-state index in [1.54, 1.807) is 6.07 Å². The second-order valence-corrected chi connectivity index (χ2v) is 8.60. The molecule has 24 heavy (non-hydrogen) atoms. The summed E-state index contributed by atoms with van der Waals surface area (Å²) in [6.45, 7) is 7.77. The van der Waals surface area contributed by atoms with E-state index < -0.39 is 0 Å². The summed E-state index contributed by atoms with van der Waals surface area (Å²) in [4.78, 5) is 14.4. The molecule has 1 saturated heterocycles. The number of nitrogens with one attached hydrogen (secondary N) is 2. The molecule has 1 aliphatic rings. The first-order valence-corrected chi connectivity index (χ1v) is 9.65. The van der Waals surface area contributed by atoms with Crippen molar-refractivity contribution >= 4 is 40.8 Å². The molecule has 2 rings (SSSR count). The Balaban J connectivity index is 2.00. The number of halogens is 1. The Bertz CT molecular complexity index is 571. The number of amides is 2. The molecular weight excluding hydrogens is 346 g/mol. The van der Waals surface area contributed by atoms with Crippen LogP contribution in [0.2, 0.25) is 5.02 Å². The molecule has 0 saturated carbocycles. The van der Waals surface area contributed by atoms with Crippen molar-refractivity contribution in [3.8, 4) is 0 Å². The number of urea groups is 1. The molecule has 0 spiro atoms. The van der Waals surface area contributed by atoms with Crippen LogP contribution in [-0.4, -0.2) is 48.4 Å². The van der Waals surface area contributed by atoms with Gasteiger partial charge in [-0.3, -0.25) is 0 Å². The van der Waals surface area contributed by atoms with Gasteiger partial charge in [-0.25, -0.2) is 4.79 Å². The van der Waals surface area contributed by atoms with Crippen LogP contribution in [0, 0.1) is 5.41 Å². The minimum absolute atomic E-state index is 0.108. The monoisotopic (exact) mass is 371 g/mol. The second-order valence-electron chi connectivity index (χ2n) is 6.97. The minimum Gasteiger partial charge on any atom is -0.394 e. The first kappa shape index (κ1) is 19.2. The van der Waals surface area contributed by atoms with E-state index in [9.17, 15) is 9.90 Å². The zero-order valence-electron chi connectivity index (χ0n) is 14.4. The second kappa shape index (κ2) is 8.32. The molecule has 1 aromatic carbocycles. The summed E-state index contributed by atoms with van der Waals surface area (Å²) >= 11 is 8.34. The fourth-order valence-electron chi connectivity index (χ4n) is 2.51. The van der Waals surface area contributed by atoms with Crippen LogP contribution in [0.15, 0.2) is 18.2 Å². The van der Waals surface area contributed by atoms with Crippen molar-refractivity contribution in [2.75, 3.05) is 41.4 Å². The zero-order valence-corrected chi connectivity index (χ0v) is 16.0. The maximum Gasteiger partial charge on any atom is 0.319 e. The number of hydrogen-bond acceptors (Lipinski definition) is 4. The van der Waals surface area contributed by atoms with Crippen molar-refractivity contribution in [3.63, 3.8) is 0 Å². The molecule has 0 bridgehead atoms. The topological polar surface area (TPSA) is 64.6 Å². The van der Waals surface area contributed by atoms with Crippen LogP contribution in [0.5, 0.6) is 0 Å². The number of carbonyl (C=O) groups excluding carboxylic acids is 1. The summed E-state index contributed by atoms with van der Waals surface area (Å²) in [5.74, 6) is 2.21. The van der Waals surface area contributed by atoms with Crippen molar-refractivity contribution in [2.24, 2.45) is 5.41 Å². The van der Waals surface area contributed by atoms with E-state index in [1.165, 1.54) is 0 Å². The average molecular weight is 372 g/mol. The van der Waals surface area contributed by atoms with E-state index in [2.05, 4.69) is 15.5 Å². The van der Waals surface area contributed by atoms with Crippen molar-refractivity contribution in [1.82, 2.24) is 5.32 Å². The quantitative estimate of drug-likeness (QED) is 0.758. The van der Waals surface area contributed by atoms with Crippen molar-refractivity contribution in [3.05, 3.63) is 23.2 Å². The standard InChI is InChI=1S/C17H26ClN3O2S/c1-17(2,3)15(11-22)20-16(23)19-12-4-5-14(13(18)10-12)21-6-8-24-9-7-21/h4-5,10,15,22H,6-9,11H2,1-3H3,(H2,19,20,23). The number of nitrogens with zero attached hydrogens (tertiary/aromatic N) is 1. The third-order valence-corrected chi connectivity index (χ3v) is 5.34. The highest BCUT2D eigenvalue weighted by Gasteiger charge is 2.25. The van der Waals surface area contributed by atoms with Gasteiger partial charge in [-0.2, -0.15) is 11.8 Å². The highest BCUT2D eigenvalue weighted by Crippen LogP contribution is 2.30. The molecule has 1 aromatic rings. The van der Waals surface area contributed by atoms with Crippen LogP contribution in [0.3, 0.4) is 0 Å². The average Bonchev–Trinajstić information content (AvgIpc) is 2.52. The Hall–Kier alpha value is -1.11. The predicted octanol–water partition coefficient (Wildman–Crippen LogP) is 3.42. The molecule has 0 aromatic heterocycles. The summed E-state index contributed by atoms with van der Waals surface area (Å²) < 4.78 is 0. The normalized spacial score (nSPS) is 16.6. The first-order chi connectivity index (χ1) is 11.3.